The summed E-state index contributed by atoms with van der Waals surface area (Å²) in [7, 11) is 0. The van der Waals surface area contributed by atoms with Gasteiger partial charge >= 0.3 is 0 Å². The van der Waals surface area contributed by atoms with E-state index in [4.69, 9.17) is 0 Å². The van der Waals surface area contributed by atoms with Crippen LogP contribution in [0.5, 0.6) is 0 Å². The lowest BCUT2D eigenvalue weighted by atomic mass is 9.96. The monoisotopic (exact) mass is 300 g/mol. The maximum absolute atomic E-state index is 4.37. The van der Waals surface area contributed by atoms with Gasteiger partial charge in [-0.25, -0.2) is 9.97 Å². The zero-order chi connectivity index (χ0) is 14.5. The Morgan fingerprint density at radius 3 is 2.81 bits per heavy atom. The molecule has 3 rings (SSSR count). The van der Waals surface area contributed by atoms with Gasteiger partial charge in [0.1, 0.15) is 0 Å². The Bertz CT molecular complexity index is 558. The van der Waals surface area contributed by atoms with Crippen molar-refractivity contribution in [3.05, 3.63) is 48.0 Å². The van der Waals surface area contributed by atoms with Gasteiger partial charge in [0.25, 0.3) is 0 Å². The molecule has 1 aliphatic rings. The molecule has 0 radical (unpaired) electrons. The first-order chi connectivity index (χ1) is 10.4. The summed E-state index contributed by atoms with van der Waals surface area (Å²) in [6.07, 6.45) is 13.5. The van der Waals surface area contributed by atoms with E-state index in [-0.39, 0.29) is 0 Å². The molecule has 0 aliphatic carbocycles. The van der Waals surface area contributed by atoms with E-state index >= 15 is 0 Å². The Morgan fingerprint density at radius 2 is 2.10 bits per heavy atom. The maximum atomic E-state index is 4.37. The zero-order valence-electron chi connectivity index (χ0n) is 12.3. The van der Waals surface area contributed by atoms with Crippen LogP contribution in [0.25, 0.3) is 0 Å². The minimum Gasteiger partial charge on any atom is -0.292 e. The van der Waals surface area contributed by atoms with E-state index in [1.54, 1.807) is 11.8 Å². The fraction of sp³-hybridized carbons (Fsp3) is 0.438. The number of hydrogen-bond acceptors (Lipinski definition) is 5. The molecule has 1 fully saturated rings. The smallest absolute Gasteiger partial charge is 0.187 e. The maximum Gasteiger partial charge on any atom is 0.187 e. The standard InChI is InChI=1S/C16H20N4S/c1-21-16-18-9-13(10-19-16)12-20-8-3-2-6-15(20)14-5-4-7-17-11-14/h4-5,7,9-11,15H,2-3,6,8,12H2,1H3/t15-/m0/s1. The fourth-order valence-corrected chi connectivity index (χ4v) is 3.21. The highest BCUT2D eigenvalue weighted by Gasteiger charge is 2.24. The number of rotatable bonds is 4. The van der Waals surface area contributed by atoms with E-state index in [1.165, 1.54) is 30.4 Å². The Morgan fingerprint density at radius 1 is 1.24 bits per heavy atom. The van der Waals surface area contributed by atoms with Crippen molar-refractivity contribution in [1.29, 1.82) is 0 Å². The van der Waals surface area contributed by atoms with Crippen LogP contribution in [0.4, 0.5) is 0 Å². The summed E-state index contributed by atoms with van der Waals surface area (Å²) in [5.41, 5.74) is 2.50. The van der Waals surface area contributed by atoms with Crippen molar-refractivity contribution in [2.45, 2.75) is 37.0 Å². The molecule has 1 aliphatic heterocycles. The number of piperidine rings is 1. The van der Waals surface area contributed by atoms with E-state index in [0.717, 1.165) is 18.2 Å². The third-order valence-electron chi connectivity index (χ3n) is 3.93. The minimum absolute atomic E-state index is 0.465. The number of likely N-dealkylation sites (tertiary alicyclic amines) is 1. The number of pyridine rings is 1. The number of aromatic nitrogens is 3. The van der Waals surface area contributed by atoms with Crippen LogP contribution in [0, 0.1) is 0 Å². The second kappa shape index (κ2) is 7.00. The van der Waals surface area contributed by atoms with Gasteiger partial charge < -0.3 is 0 Å². The van der Waals surface area contributed by atoms with Crippen molar-refractivity contribution in [3.63, 3.8) is 0 Å². The van der Waals surface area contributed by atoms with Crippen LogP contribution >= 0.6 is 11.8 Å². The molecule has 0 aromatic carbocycles. The van der Waals surface area contributed by atoms with Gasteiger partial charge in [0.2, 0.25) is 0 Å². The van der Waals surface area contributed by atoms with Crippen LogP contribution in [0.15, 0.2) is 42.1 Å². The van der Waals surface area contributed by atoms with Crippen LogP contribution in [0.2, 0.25) is 0 Å². The number of nitrogens with zero attached hydrogens (tertiary/aromatic N) is 4. The van der Waals surface area contributed by atoms with Crippen LogP contribution in [-0.4, -0.2) is 32.7 Å². The first kappa shape index (κ1) is 14.5. The molecule has 0 spiro atoms. The lowest BCUT2D eigenvalue weighted by molar-refractivity contribution is 0.140. The second-order valence-electron chi connectivity index (χ2n) is 5.35. The first-order valence-electron chi connectivity index (χ1n) is 7.35. The summed E-state index contributed by atoms with van der Waals surface area (Å²) in [6.45, 7) is 2.04. The topological polar surface area (TPSA) is 41.9 Å². The molecule has 21 heavy (non-hydrogen) atoms. The lowest BCUT2D eigenvalue weighted by Crippen LogP contribution is -2.33. The van der Waals surface area contributed by atoms with Crippen LogP contribution in [-0.2, 0) is 6.54 Å². The molecule has 1 saturated heterocycles. The molecule has 0 amide bonds. The Hall–Kier alpha value is -1.46. The average Bonchev–Trinajstić information content (AvgIpc) is 2.57. The molecular weight excluding hydrogens is 280 g/mol. The molecule has 0 saturated carbocycles. The molecule has 3 heterocycles. The summed E-state index contributed by atoms with van der Waals surface area (Å²) in [5, 5.41) is 0.834. The van der Waals surface area contributed by atoms with E-state index in [1.807, 2.05) is 37.1 Å². The Balaban J connectivity index is 1.75. The van der Waals surface area contributed by atoms with Crippen molar-refractivity contribution >= 4 is 11.8 Å². The van der Waals surface area contributed by atoms with Crippen LogP contribution in [0.1, 0.15) is 36.4 Å². The lowest BCUT2D eigenvalue weighted by Gasteiger charge is -2.35. The van der Waals surface area contributed by atoms with Gasteiger partial charge in [-0.2, -0.15) is 0 Å². The molecule has 1 atom stereocenters. The quantitative estimate of drug-likeness (QED) is 0.640. The molecular formula is C16H20N4S. The fourth-order valence-electron chi connectivity index (χ4n) is 2.90. The van der Waals surface area contributed by atoms with E-state index in [0.29, 0.717) is 6.04 Å². The van der Waals surface area contributed by atoms with Crippen LogP contribution in [0.3, 0.4) is 0 Å². The van der Waals surface area contributed by atoms with Crippen molar-refractivity contribution in [1.82, 2.24) is 19.9 Å². The van der Waals surface area contributed by atoms with Crippen molar-refractivity contribution < 1.29 is 0 Å². The van der Waals surface area contributed by atoms with Gasteiger partial charge in [0, 0.05) is 42.9 Å². The molecule has 2 aromatic rings. The second-order valence-corrected chi connectivity index (χ2v) is 6.12. The molecule has 0 bridgehead atoms. The highest BCUT2D eigenvalue weighted by Crippen LogP contribution is 2.31. The zero-order valence-corrected chi connectivity index (χ0v) is 13.1. The van der Waals surface area contributed by atoms with E-state index in [9.17, 15) is 0 Å². The molecule has 4 nitrogen and oxygen atoms in total. The van der Waals surface area contributed by atoms with Gasteiger partial charge in [-0.15, -0.1) is 0 Å². The Labute approximate surface area is 130 Å². The van der Waals surface area contributed by atoms with Gasteiger partial charge in [-0.3, -0.25) is 9.88 Å². The summed E-state index contributed by atoms with van der Waals surface area (Å²) in [4.78, 5) is 15.5. The third-order valence-corrected chi connectivity index (χ3v) is 4.51. The molecule has 0 N–H and O–H groups in total. The predicted octanol–water partition coefficient (Wildman–Crippen LogP) is 3.32. The number of hydrogen-bond donors (Lipinski definition) is 0. The van der Waals surface area contributed by atoms with Crippen molar-refractivity contribution in [2.75, 3.05) is 12.8 Å². The summed E-state index contributed by atoms with van der Waals surface area (Å²) >= 11 is 1.58. The van der Waals surface area contributed by atoms with Crippen molar-refractivity contribution in [2.24, 2.45) is 0 Å². The third kappa shape index (κ3) is 3.60. The van der Waals surface area contributed by atoms with Gasteiger partial charge in [-0.1, -0.05) is 24.2 Å². The highest BCUT2D eigenvalue weighted by molar-refractivity contribution is 7.98. The molecule has 5 heteroatoms. The Kier molecular flexibility index (Phi) is 4.83. The van der Waals surface area contributed by atoms with Gasteiger partial charge in [0.15, 0.2) is 5.16 Å². The van der Waals surface area contributed by atoms with Gasteiger partial charge in [0.05, 0.1) is 0 Å². The minimum atomic E-state index is 0.465. The van der Waals surface area contributed by atoms with Crippen molar-refractivity contribution in [3.8, 4) is 0 Å². The SMILES string of the molecule is CSc1ncc(CN2CCCC[C@H]2c2cccnc2)cn1. The van der Waals surface area contributed by atoms with Gasteiger partial charge in [-0.05, 0) is 37.3 Å². The summed E-state index contributed by atoms with van der Waals surface area (Å²) in [6, 6.07) is 4.68. The first-order valence-corrected chi connectivity index (χ1v) is 8.58. The predicted molar refractivity (Wildman–Crippen MR) is 85.1 cm³/mol. The summed E-state index contributed by atoms with van der Waals surface area (Å²) < 4.78 is 0. The van der Waals surface area contributed by atoms with E-state index in [2.05, 4.69) is 25.9 Å². The largest absolute Gasteiger partial charge is 0.292 e. The normalized spacial score (nSPS) is 19.6. The van der Waals surface area contributed by atoms with Crippen LogP contribution < -0.4 is 0 Å². The molecule has 2 aromatic heterocycles. The molecule has 0 unspecified atom stereocenters. The number of thioether (sulfide) groups is 1. The van der Waals surface area contributed by atoms with E-state index < -0.39 is 0 Å². The highest BCUT2D eigenvalue weighted by atomic mass is 32.2. The molecule has 110 valence electrons. The average molecular weight is 300 g/mol. The summed E-state index contributed by atoms with van der Waals surface area (Å²) in [5.74, 6) is 0.